The fourth-order valence-corrected chi connectivity index (χ4v) is 3.78. The summed E-state index contributed by atoms with van der Waals surface area (Å²) >= 11 is 0. The van der Waals surface area contributed by atoms with Crippen LogP contribution in [0.2, 0.25) is 0 Å². The fraction of sp³-hybridized carbons (Fsp3) is 0.190. The van der Waals surface area contributed by atoms with Gasteiger partial charge in [-0.2, -0.15) is 0 Å². The Morgan fingerprint density at radius 1 is 1.16 bits per heavy atom. The molecule has 9 nitrogen and oxygen atoms in total. The number of aromatic nitrogens is 4. The second kappa shape index (κ2) is 9.00. The van der Waals surface area contributed by atoms with Crippen molar-refractivity contribution in [2.24, 2.45) is 0 Å². The molecule has 0 radical (unpaired) electrons. The average Bonchev–Trinajstić information content (AvgIpc) is 3.47. The molecule has 0 atom stereocenters. The van der Waals surface area contributed by atoms with Gasteiger partial charge < -0.3 is 14.5 Å². The molecular formula is C21H21N5O4S. The molecule has 0 saturated carbocycles. The maximum Gasteiger partial charge on any atom is 0.299 e. The highest BCUT2D eigenvalue weighted by Gasteiger charge is 2.17. The summed E-state index contributed by atoms with van der Waals surface area (Å²) < 4.78 is 38.0. The number of rotatable bonds is 9. The highest BCUT2D eigenvalue weighted by atomic mass is 32.2. The van der Waals surface area contributed by atoms with Crippen LogP contribution >= 0.6 is 0 Å². The molecule has 4 aromatic rings. The number of nitrogens with one attached hydrogen (secondary N) is 1. The number of hydrogen-bond acceptors (Lipinski definition) is 8. The predicted octanol–water partition coefficient (Wildman–Crippen LogP) is 3.55. The van der Waals surface area contributed by atoms with Crippen LogP contribution in [-0.4, -0.2) is 40.8 Å². The third-order valence-electron chi connectivity index (χ3n) is 4.55. The van der Waals surface area contributed by atoms with Gasteiger partial charge in [0.05, 0.1) is 35.3 Å². The molecule has 2 aromatic heterocycles. The monoisotopic (exact) mass is 439 g/mol. The molecule has 1 N–H and O–H groups in total. The summed E-state index contributed by atoms with van der Waals surface area (Å²) in [6, 6.07) is 14.5. The number of hydrogen-bond donors (Lipinski definition) is 1. The Morgan fingerprint density at radius 3 is 2.74 bits per heavy atom. The summed E-state index contributed by atoms with van der Waals surface area (Å²) in [7, 11) is -3.39. The zero-order valence-corrected chi connectivity index (χ0v) is 17.6. The molecule has 10 heteroatoms. The molecule has 0 amide bonds. The van der Waals surface area contributed by atoms with Gasteiger partial charge in [-0.15, -0.1) is 5.10 Å². The van der Waals surface area contributed by atoms with Gasteiger partial charge in [0.1, 0.15) is 12.4 Å². The summed E-state index contributed by atoms with van der Waals surface area (Å²) in [5.74, 6) is 1.06. The lowest BCUT2D eigenvalue weighted by Crippen LogP contribution is -2.10. The smallest absolute Gasteiger partial charge is 0.299 e. The number of benzene rings is 2. The molecule has 0 aliphatic carbocycles. The first-order valence-electron chi connectivity index (χ1n) is 9.67. The van der Waals surface area contributed by atoms with Crippen LogP contribution in [0.4, 0.5) is 11.7 Å². The minimum absolute atomic E-state index is 0.00387. The fourth-order valence-electron chi connectivity index (χ4n) is 2.88. The van der Waals surface area contributed by atoms with E-state index in [2.05, 4.69) is 20.6 Å². The topological polar surface area (TPSA) is 112 Å². The Labute approximate surface area is 179 Å². The number of ether oxygens (including phenoxy) is 1. The summed E-state index contributed by atoms with van der Waals surface area (Å²) in [6.07, 6.45) is 4.93. The van der Waals surface area contributed by atoms with Gasteiger partial charge in [0.15, 0.2) is 15.6 Å². The van der Waals surface area contributed by atoms with Gasteiger partial charge in [-0.05, 0) is 18.2 Å². The van der Waals surface area contributed by atoms with Crippen molar-refractivity contribution in [3.63, 3.8) is 0 Å². The van der Waals surface area contributed by atoms with Crippen LogP contribution in [0.1, 0.15) is 6.92 Å². The van der Waals surface area contributed by atoms with Crippen molar-refractivity contribution in [2.75, 3.05) is 17.7 Å². The molecule has 0 spiro atoms. The van der Waals surface area contributed by atoms with Crippen molar-refractivity contribution in [3.8, 4) is 17.1 Å². The lowest BCUT2D eigenvalue weighted by atomic mass is 10.2. The first kappa shape index (κ1) is 20.6. The van der Waals surface area contributed by atoms with E-state index in [4.69, 9.17) is 9.15 Å². The van der Waals surface area contributed by atoms with E-state index in [1.807, 2.05) is 30.3 Å². The Morgan fingerprint density at radius 2 is 2.00 bits per heavy atom. The minimum atomic E-state index is -3.39. The SMILES string of the molecule is CCS(=O)(=O)c1ccc(OCCn2ccnn2)c(Nc2ncc(-c3ccccc3)o2)c1. The molecule has 0 unspecified atom stereocenters. The van der Waals surface area contributed by atoms with Gasteiger partial charge in [0.25, 0.3) is 6.01 Å². The van der Waals surface area contributed by atoms with E-state index in [-0.39, 0.29) is 16.7 Å². The second-order valence-corrected chi connectivity index (χ2v) is 8.87. The van der Waals surface area contributed by atoms with Crippen molar-refractivity contribution in [1.82, 2.24) is 20.0 Å². The third kappa shape index (κ3) is 4.92. The normalized spacial score (nSPS) is 11.4. The van der Waals surface area contributed by atoms with Crippen molar-refractivity contribution in [1.29, 1.82) is 0 Å². The molecule has 0 saturated heterocycles. The second-order valence-electron chi connectivity index (χ2n) is 6.60. The number of anilines is 2. The Hall–Kier alpha value is -3.66. The van der Waals surface area contributed by atoms with Crippen molar-refractivity contribution in [3.05, 3.63) is 67.1 Å². The summed E-state index contributed by atoms with van der Waals surface area (Å²) in [5, 5.41) is 10.7. The largest absolute Gasteiger partial charge is 0.489 e. The van der Waals surface area contributed by atoms with Crippen LogP contribution in [0.3, 0.4) is 0 Å². The van der Waals surface area contributed by atoms with E-state index in [1.54, 1.807) is 36.3 Å². The first-order valence-corrected chi connectivity index (χ1v) is 11.3. The van der Waals surface area contributed by atoms with E-state index in [1.165, 1.54) is 12.1 Å². The maximum absolute atomic E-state index is 12.3. The molecule has 160 valence electrons. The van der Waals surface area contributed by atoms with E-state index < -0.39 is 9.84 Å². The molecular weight excluding hydrogens is 418 g/mol. The predicted molar refractivity (Wildman–Crippen MR) is 115 cm³/mol. The molecule has 31 heavy (non-hydrogen) atoms. The van der Waals surface area contributed by atoms with E-state index in [0.29, 0.717) is 30.3 Å². The number of oxazole rings is 1. The van der Waals surface area contributed by atoms with E-state index in [0.717, 1.165) is 5.56 Å². The van der Waals surface area contributed by atoms with Crippen LogP contribution < -0.4 is 10.1 Å². The van der Waals surface area contributed by atoms with Crippen molar-refractivity contribution >= 4 is 21.5 Å². The average molecular weight is 439 g/mol. The molecule has 0 fully saturated rings. The molecule has 0 bridgehead atoms. The van der Waals surface area contributed by atoms with Crippen LogP contribution in [0.5, 0.6) is 5.75 Å². The molecule has 0 aliphatic rings. The van der Waals surface area contributed by atoms with Gasteiger partial charge in [-0.25, -0.2) is 18.1 Å². The number of nitrogens with zero attached hydrogens (tertiary/aromatic N) is 4. The van der Waals surface area contributed by atoms with Crippen LogP contribution in [0.25, 0.3) is 11.3 Å². The van der Waals surface area contributed by atoms with Crippen molar-refractivity contribution in [2.45, 2.75) is 18.4 Å². The quantitative estimate of drug-likeness (QED) is 0.421. The maximum atomic E-state index is 12.3. The summed E-state index contributed by atoms with van der Waals surface area (Å²) in [4.78, 5) is 4.45. The van der Waals surface area contributed by atoms with Gasteiger partial charge in [0.2, 0.25) is 0 Å². The molecule has 4 rings (SSSR count). The Kier molecular flexibility index (Phi) is 5.99. The molecule has 0 aliphatic heterocycles. The standard InChI is InChI=1S/C21H21N5O4S/c1-2-31(27,28)17-8-9-19(29-13-12-26-11-10-23-25-26)18(14-17)24-21-22-15-20(30-21)16-6-4-3-5-7-16/h3-11,14-15H,2,12-13H2,1H3,(H,22,24). The third-order valence-corrected chi connectivity index (χ3v) is 6.28. The lowest BCUT2D eigenvalue weighted by Gasteiger charge is -2.13. The van der Waals surface area contributed by atoms with E-state index >= 15 is 0 Å². The van der Waals surface area contributed by atoms with Gasteiger partial charge >= 0.3 is 0 Å². The van der Waals surface area contributed by atoms with Crippen LogP contribution in [-0.2, 0) is 16.4 Å². The summed E-state index contributed by atoms with van der Waals surface area (Å²) in [6.45, 7) is 2.41. The zero-order valence-electron chi connectivity index (χ0n) is 16.8. The van der Waals surface area contributed by atoms with Gasteiger partial charge in [0, 0.05) is 11.8 Å². The Bertz CT molecular complexity index is 1240. The van der Waals surface area contributed by atoms with Gasteiger partial charge in [-0.1, -0.05) is 42.5 Å². The van der Waals surface area contributed by atoms with E-state index in [9.17, 15) is 8.42 Å². The first-order chi connectivity index (χ1) is 15.0. The van der Waals surface area contributed by atoms with Crippen LogP contribution in [0, 0.1) is 0 Å². The van der Waals surface area contributed by atoms with Crippen molar-refractivity contribution < 1.29 is 17.6 Å². The Balaban J connectivity index is 1.58. The van der Waals surface area contributed by atoms with Crippen LogP contribution in [0.15, 0.2) is 76.4 Å². The lowest BCUT2D eigenvalue weighted by molar-refractivity contribution is 0.291. The highest BCUT2D eigenvalue weighted by Crippen LogP contribution is 2.32. The summed E-state index contributed by atoms with van der Waals surface area (Å²) in [5.41, 5.74) is 1.32. The zero-order chi connectivity index (χ0) is 21.7. The minimum Gasteiger partial charge on any atom is -0.489 e. The molecule has 2 aromatic carbocycles. The highest BCUT2D eigenvalue weighted by molar-refractivity contribution is 7.91. The number of sulfone groups is 1. The van der Waals surface area contributed by atoms with Gasteiger partial charge in [-0.3, -0.25) is 0 Å². The molecule has 2 heterocycles.